The Labute approximate surface area is 376 Å². The molecule has 63 heavy (non-hydrogen) atoms. The molecule has 0 aromatic carbocycles. The highest BCUT2D eigenvalue weighted by molar-refractivity contribution is 7.98. The summed E-state index contributed by atoms with van der Waals surface area (Å²) >= 11 is 1.41. The van der Waals surface area contributed by atoms with E-state index in [4.69, 9.17) is 11.5 Å². The van der Waals surface area contributed by atoms with Gasteiger partial charge < -0.3 is 64.2 Å². The molecule has 22 heteroatoms. The molecule has 0 bridgehead atoms. The monoisotopic (exact) mass is 917 g/mol. The van der Waals surface area contributed by atoms with Crippen LogP contribution >= 0.6 is 11.8 Å². The van der Waals surface area contributed by atoms with Crippen LogP contribution in [-0.2, 0) is 43.2 Å². The maximum absolute atomic E-state index is 13.8. The van der Waals surface area contributed by atoms with Crippen LogP contribution < -0.4 is 54.0 Å². The largest absolute Gasteiger partial charge is 0.391 e. The van der Waals surface area contributed by atoms with Crippen LogP contribution in [-0.4, -0.2) is 142 Å². The van der Waals surface area contributed by atoms with Crippen molar-refractivity contribution in [1.82, 2.24) is 42.5 Å². The van der Waals surface area contributed by atoms with Crippen molar-refractivity contribution in [2.45, 2.75) is 162 Å². The molecule has 0 saturated carbocycles. The molecule has 0 spiro atoms. The minimum atomic E-state index is -1.57. The second-order valence-electron chi connectivity index (χ2n) is 17.5. The summed E-state index contributed by atoms with van der Waals surface area (Å²) in [4.78, 5) is 118. The van der Waals surface area contributed by atoms with Crippen molar-refractivity contribution in [3.05, 3.63) is 0 Å². The van der Waals surface area contributed by atoms with Gasteiger partial charge in [0.25, 0.3) is 0 Å². The molecule has 0 radical (unpaired) electrons. The summed E-state index contributed by atoms with van der Waals surface area (Å²) in [6.07, 6.45) is -0.254. The number of aliphatic hydroxyl groups is 2. The number of nitrogens with two attached hydrogens (primary N) is 2. The lowest BCUT2D eigenvalue weighted by molar-refractivity contribution is -0.137. The summed E-state index contributed by atoms with van der Waals surface area (Å²) in [6.45, 7) is 17.6. The van der Waals surface area contributed by atoms with E-state index in [1.807, 2.05) is 13.8 Å². The molecule has 14 N–H and O–H groups in total. The zero-order valence-corrected chi connectivity index (χ0v) is 39.8. The van der Waals surface area contributed by atoms with Gasteiger partial charge >= 0.3 is 0 Å². The van der Waals surface area contributed by atoms with Crippen LogP contribution in [0.2, 0.25) is 0 Å². The van der Waals surface area contributed by atoms with Crippen LogP contribution in [0.4, 0.5) is 0 Å². The SMILES string of the molecule is CSCC[C@H](NC(=O)[C@@H](NC(=O)[C@H](CC(C)C)NC(=O)[C@H](CC(C)C)NC(=O)CNC(=O)[C@H](C)NC(=O)[C@H](CC(C)C)NC(=O)[C@@H](N)[C@@H](C)O)[C@@H](C)O)C(=O)N[C@H](C(N)=O)C(C)C. The molecule has 10 atom stereocenters. The average Bonchev–Trinajstić information content (AvgIpc) is 3.16. The third kappa shape index (κ3) is 22.6. The quantitative estimate of drug-likeness (QED) is 0.0374. The maximum Gasteiger partial charge on any atom is 0.245 e. The minimum absolute atomic E-state index is 0.0421. The first-order chi connectivity index (χ1) is 29.1. The van der Waals surface area contributed by atoms with E-state index < -0.39 is 120 Å². The van der Waals surface area contributed by atoms with Gasteiger partial charge in [0, 0.05) is 0 Å². The first-order valence-electron chi connectivity index (χ1n) is 21.4. The molecular weight excluding hydrogens is 841 g/mol. The number of hydrogen-bond donors (Lipinski definition) is 12. The highest BCUT2D eigenvalue weighted by Gasteiger charge is 2.35. The number of nitrogens with one attached hydrogen (secondary N) is 8. The fourth-order valence-corrected chi connectivity index (χ4v) is 6.53. The first kappa shape index (κ1) is 58.5. The van der Waals surface area contributed by atoms with Gasteiger partial charge in [-0.1, -0.05) is 55.4 Å². The molecule has 0 aliphatic heterocycles. The molecule has 0 aromatic heterocycles. The van der Waals surface area contributed by atoms with Crippen molar-refractivity contribution >= 4 is 64.9 Å². The number of hydrogen-bond acceptors (Lipinski definition) is 13. The molecule has 21 nitrogen and oxygen atoms in total. The van der Waals surface area contributed by atoms with Gasteiger partial charge in [-0.25, -0.2) is 0 Å². The number of primary amides is 1. The fourth-order valence-electron chi connectivity index (χ4n) is 6.06. The lowest BCUT2D eigenvalue weighted by Crippen LogP contribution is -2.61. The van der Waals surface area contributed by atoms with Gasteiger partial charge in [0.1, 0.15) is 48.3 Å². The van der Waals surface area contributed by atoms with Gasteiger partial charge in [0.05, 0.1) is 18.8 Å². The predicted molar refractivity (Wildman–Crippen MR) is 239 cm³/mol. The van der Waals surface area contributed by atoms with Crippen molar-refractivity contribution in [3.8, 4) is 0 Å². The third-order valence-corrected chi connectivity index (χ3v) is 10.3. The van der Waals surface area contributed by atoms with Gasteiger partial charge in [-0.15, -0.1) is 0 Å². The number of carbonyl (C=O) groups excluding carboxylic acids is 9. The van der Waals surface area contributed by atoms with Crippen molar-refractivity contribution in [3.63, 3.8) is 0 Å². The Bertz CT molecular complexity index is 1550. The third-order valence-electron chi connectivity index (χ3n) is 9.61. The van der Waals surface area contributed by atoms with Gasteiger partial charge in [0.2, 0.25) is 53.2 Å². The standard InChI is InChI=1S/C41H76N10O11S/c1-19(2)15-27(46-30(54)18-44-35(56)23(9)45-37(58)28(16-20(3)4)49-40(61)31(42)24(10)52)38(59)48-29(17-21(5)6)39(60)51-33(25(11)53)41(62)47-26(13-14-63-12)36(57)50-32(22(7)8)34(43)55/h19-29,31-33,52-53H,13-18,42H2,1-12H3,(H2,43,55)(H,44,56)(H,45,58)(H,46,54)(H,47,62)(H,48,59)(H,49,61)(H,50,57)(H,51,60)/t23-,24+,25+,26-,27-,28-,29-,31-,32-,33-/m0/s1. The van der Waals surface area contributed by atoms with Crippen molar-refractivity contribution in [1.29, 1.82) is 0 Å². The lowest BCUT2D eigenvalue weighted by atomic mass is 9.99. The smallest absolute Gasteiger partial charge is 0.245 e. The molecule has 0 rings (SSSR count). The molecule has 0 fully saturated rings. The summed E-state index contributed by atoms with van der Waals surface area (Å²) in [5.74, 6) is -7.05. The highest BCUT2D eigenvalue weighted by atomic mass is 32.2. The summed E-state index contributed by atoms with van der Waals surface area (Å²) in [5.41, 5.74) is 11.2. The Hall–Kier alpha value is -4.54. The molecule has 0 aromatic rings. The Morgan fingerprint density at radius 1 is 0.508 bits per heavy atom. The first-order valence-corrected chi connectivity index (χ1v) is 22.8. The predicted octanol–water partition coefficient (Wildman–Crippen LogP) is -2.36. The van der Waals surface area contributed by atoms with Crippen LogP contribution in [0, 0.1) is 23.7 Å². The van der Waals surface area contributed by atoms with Gasteiger partial charge in [-0.3, -0.25) is 43.2 Å². The van der Waals surface area contributed by atoms with E-state index in [1.54, 1.807) is 47.8 Å². The Kier molecular flexibility index (Phi) is 26.9. The van der Waals surface area contributed by atoms with Gasteiger partial charge in [-0.05, 0) is 82.1 Å². The zero-order chi connectivity index (χ0) is 48.9. The number of aliphatic hydroxyl groups excluding tert-OH is 2. The van der Waals surface area contributed by atoms with E-state index in [1.165, 1.54) is 32.5 Å². The summed E-state index contributed by atoms with van der Waals surface area (Å²) in [5, 5.41) is 40.5. The number of thioether (sulfide) groups is 1. The second-order valence-corrected chi connectivity index (χ2v) is 18.5. The number of amides is 9. The van der Waals surface area contributed by atoms with E-state index in [0.717, 1.165) is 0 Å². The number of carbonyl (C=O) groups is 9. The van der Waals surface area contributed by atoms with E-state index in [9.17, 15) is 53.4 Å². The van der Waals surface area contributed by atoms with Crippen molar-refractivity contribution in [2.75, 3.05) is 18.6 Å². The highest BCUT2D eigenvalue weighted by Crippen LogP contribution is 2.12. The summed E-state index contributed by atoms with van der Waals surface area (Å²) < 4.78 is 0. The average molecular weight is 917 g/mol. The molecule has 0 aliphatic rings. The topological polar surface area (TPSA) is 342 Å². The molecule has 0 saturated heterocycles. The van der Waals surface area contributed by atoms with E-state index in [0.29, 0.717) is 5.75 Å². The minimum Gasteiger partial charge on any atom is -0.391 e. The van der Waals surface area contributed by atoms with Crippen LogP contribution in [0.15, 0.2) is 0 Å². The van der Waals surface area contributed by atoms with E-state index in [2.05, 4.69) is 42.5 Å². The molecule has 362 valence electrons. The maximum atomic E-state index is 13.8. The number of rotatable bonds is 29. The molecule has 0 aliphatic carbocycles. The van der Waals surface area contributed by atoms with E-state index >= 15 is 0 Å². The Balaban J connectivity index is 5.94. The zero-order valence-electron chi connectivity index (χ0n) is 39.0. The molecule has 0 heterocycles. The Morgan fingerprint density at radius 2 is 0.921 bits per heavy atom. The lowest BCUT2D eigenvalue weighted by Gasteiger charge is -2.29. The van der Waals surface area contributed by atoms with Crippen LogP contribution in [0.1, 0.15) is 102 Å². The van der Waals surface area contributed by atoms with Gasteiger partial charge in [-0.2, -0.15) is 11.8 Å². The summed E-state index contributed by atoms with van der Waals surface area (Å²) in [6, 6.07) is -9.65. The Morgan fingerprint density at radius 3 is 1.35 bits per heavy atom. The van der Waals surface area contributed by atoms with E-state index in [-0.39, 0.29) is 49.4 Å². The molecule has 9 amide bonds. The fraction of sp³-hybridized carbons (Fsp3) is 0.780. The molecular formula is C41H76N10O11S. The van der Waals surface area contributed by atoms with Gasteiger partial charge in [0.15, 0.2) is 0 Å². The van der Waals surface area contributed by atoms with Crippen molar-refractivity contribution < 1.29 is 53.4 Å². The summed E-state index contributed by atoms with van der Waals surface area (Å²) in [7, 11) is 0. The molecule has 0 unspecified atom stereocenters. The van der Waals surface area contributed by atoms with Crippen molar-refractivity contribution in [2.24, 2.45) is 35.1 Å². The van der Waals surface area contributed by atoms with Crippen LogP contribution in [0.3, 0.4) is 0 Å². The second kappa shape index (κ2) is 29.0. The van der Waals surface area contributed by atoms with Crippen LogP contribution in [0.25, 0.3) is 0 Å². The normalized spacial score (nSPS) is 16.2. The van der Waals surface area contributed by atoms with Crippen LogP contribution in [0.5, 0.6) is 0 Å².